The molecule has 2 aromatic carbocycles. The van der Waals surface area contributed by atoms with Crippen molar-refractivity contribution in [3.8, 4) is 5.75 Å². The number of carbonyl (C=O) groups is 4. The van der Waals surface area contributed by atoms with Crippen LogP contribution in [0.2, 0.25) is 0 Å². The zero-order valence-corrected chi connectivity index (χ0v) is 26.1. The van der Waals surface area contributed by atoms with Crippen molar-refractivity contribution in [3.05, 3.63) is 65.7 Å². The Morgan fingerprint density at radius 2 is 1.69 bits per heavy atom. The lowest BCUT2D eigenvalue weighted by Crippen LogP contribution is -2.59. The molecular weight excluding hydrogens is 603 g/mol. The van der Waals surface area contributed by atoms with Gasteiger partial charge in [-0.15, -0.1) is 0 Å². The van der Waals surface area contributed by atoms with Crippen LogP contribution in [0.5, 0.6) is 5.75 Å². The number of nitrogens with one attached hydrogen (secondary N) is 3. The minimum absolute atomic E-state index is 0.0161. The molecule has 5 N–H and O–H groups in total. The van der Waals surface area contributed by atoms with Gasteiger partial charge < -0.3 is 30.1 Å². The third kappa shape index (κ3) is 10.0. The molecule has 0 aromatic heterocycles. The third-order valence-corrected chi connectivity index (χ3v) is 8.36. The van der Waals surface area contributed by atoms with Crippen LogP contribution in [0.25, 0.3) is 0 Å². The topological polar surface area (TPSA) is 184 Å². The Hall–Kier alpha value is -3.93. The number of ether oxygens (including phenoxy) is 1. The van der Waals surface area contributed by atoms with Gasteiger partial charge in [0, 0.05) is 19.0 Å². The molecule has 0 saturated carbocycles. The molecule has 2 heterocycles. The molecule has 2 aliphatic rings. The molecule has 0 aliphatic carbocycles. The molecule has 4 rings (SSSR count). The normalized spacial score (nSPS) is 20.6. The molecule has 244 valence electrons. The average molecular weight is 645 g/mol. The summed E-state index contributed by atoms with van der Waals surface area (Å²) in [6.45, 7) is 2.45. The minimum atomic E-state index is -4.75. The van der Waals surface area contributed by atoms with Crippen molar-refractivity contribution >= 4 is 31.6 Å². The quantitative estimate of drug-likeness (QED) is 0.217. The number of carbonyl (C=O) groups excluding carboxylic acids is 4. The van der Waals surface area contributed by atoms with E-state index < -0.39 is 37.9 Å². The van der Waals surface area contributed by atoms with E-state index >= 15 is 0 Å². The fourth-order valence-electron chi connectivity index (χ4n) is 5.74. The van der Waals surface area contributed by atoms with E-state index in [0.717, 1.165) is 31.2 Å². The first-order valence-corrected chi connectivity index (χ1v) is 16.8. The van der Waals surface area contributed by atoms with Gasteiger partial charge in [-0.25, -0.2) is 9.36 Å². The van der Waals surface area contributed by atoms with Gasteiger partial charge in [-0.3, -0.25) is 24.2 Å². The number of phosphoric ester groups is 1. The van der Waals surface area contributed by atoms with Gasteiger partial charge in [-0.2, -0.15) is 0 Å². The first-order chi connectivity index (χ1) is 21.5. The molecule has 2 aliphatic heterocycles. The maximum absolute atomic E-state index is 13.9. The zero-order chi connectivity index (χ0) is 32.4. The smallest absolute Gasteiger partial charge is 0.445 e. The lowest BCUT2D eigenvalue weighted by molar-refractivity contribution is -0.144. The van der Waals surface area contributed by atoms with E-state index in [1.165, 1.54) is 24.3 Å². The van der Waals surface area contributed by atoms with E-state index in [1.54, 1.807) is 17.0 Å². The Bertz CT molecular complexity index is 1370. The summed E-state index contributed by atoms with van der Waals surface area (Å²) in [6.07, 6.45) is 3.94. The molecular formula is C31H41N4O9P. The van der Waals surface area contributed by atoms with E-state index in [9.17, 15) is 23.7 Å². The van der Waals surface area contributed by atoms with Gasteiger partial charge in [0.1, 0.15) is 30.5 Å². The van der Waals surface area contributed by atoms with Gasteiger partial charge in [0.15, 0.2) is 0 Å². The summed E-state index contributed by atoms with van der Waals surface area (Å²) in [5.74, 6) is -1.18. The standard InChI is InChI=1S/C31H41N4O9P/c1-2-18-32-29(37)27-17-14-23-10-6-7-11-25(30(38)35(23)27)33-28(36)26(34-31(39)43-20-22-8-4-3-5-9-22)19-21-12-15-24(16-13-21)44-45(40,41)42/h3-5,8-9,12-13,15-16,23,25-27H,2,6-7,10-11,14,17-20H2,1H3,(H,32,37)(H,33,36)(H,34,39)(H2,40,41,42)/t23?,25-,26-,27-/m0/s1. The summed E-state index contributed by atoms with van der Waals surface area (Å²) in [4.78, 5) is 73.1. The molecule has 4 atom stereocenters. The van der Waals surface area contributed by atoms with Crippen LogP contribution in [0.15, 0.2) is 54.6 Å². The molecule has 4 amide bonds. The van der Waals surface area contributed by atoms with E-state index in [2.05, 4.69) is 20.5 Å². The van der Waals surface area contributed by atoms with Gasteiger partial charge in [0.05, 0.1) is 0 Å². The lowest BCUT2D eigenvalue weighted by atomic mass is 9.98. The van der Waals surface area contributed by atoms with Crippen LogP contribution in [-0.4, -0.2) is 69.2 Å². The van der Waals surface area contributed by atoms with Crippen molar-refractivity contribution in [2.45, 2.75) is 89.1 Å². The van der Waals surface area contributed by atoms with Crippen LogP contribution in [0.3, 0.4) is 0 Å². The van der Waals surface area contributed by atoms with Crippen molar-refractivity contribution in [1.29, 1.82) is 0 Å². The van der Waals surface area contributed by atoms with Crippen LogP contribution < -0.4 is 20.5 Å². The maximum Gasteiger partial charge on any atom is 0.524 e. The second-order valence-corrected chi connectivity index (χ2v) is 12.5. The summed E-state index contributed by atoms with van der Waals surface area (Å²) >= 11 is 0. The highest BCUT2D eigenvalue weighted by Crippen LogP contribution is 2.37. The van der Waals surface area contributed by atoms with E-state index in [1.807, 2.05) is 25.1 Å². The van der Waals surface area contributed by atoms with E-state index in [-0.39, 0.29) is 36.6 Å². The summed E-state index contributed by atoms with van der Waals surface area (Å²) < 4.78 is 21.1. The summed E-state index contributed by atoms with van der Waals surface area (Å²) in [6, 6.07) is 12.0. The highest BCUT2D eigenvalue weighted by atomic mass is 31.2. The van der Waals surface area contributed by atoms with Gasteiger partial charge in [-0.05, 0) is 55.4 Å². The zero-order valence-electron chi connectivity index (χ0n) is 25.2. The Morgan fingerprint density at radius 3 is 2.38 bits per heavy atom. The number of alkyl carbamates (subject to hydrolysis) is 1. The highest BCUT2D eigenvalue weighted by Gasteiger charge is 2.44. The van der Waals surface area contributed by atoms with E-state index in [0.29, 0.717) is 31.4 Å². The largest absolute Gasteiger partial charge is 0.524 e. The summed E-state index contributed by atoms with van der Waals surface area (Å²) in [5.41, 5.74) is 1.31. The summed E-state index contributed by atoms with van der Waals surface area (Å²) in [7, 11) is -4.75. The van der Waals surface area contributed by atoms with Crippen LogP contribution in [0, 0.1) is 0 Å². The molecule has 0 radical (unpaired) electrons. The Kier molecular flexibility index (Phi) is 12.0. The van der Waals surface area contributed by atoms with E-state index in [4.69, 9.17) is 14.5 Å². The minimum Gasteiger partial charge on any atom is -0.445 e. The van der Waals surface area contributed by atoms with Gasteiger partial charge in [0.2, 0.25) is 17.7 Å². The average Bonchev–Trinajstić information content (AvgIpc) is 3.43. The monoisotopic (exact) mass is 644 g/mol. The first kappa shape index (κ1) is 34.0. The van der Waals surface area contributed by atoms with Crippen molar-refractivity contribution < 1.29 is 42.8 Å². The molecule has 2 fully saturated rings. The number of nitrogens with zero attached hydrogens (tertiary/aromatic N) is 1. The molecule has 14 heteroatoms. The molecule has 2 saturated heterocycles. The number of amides is 4. The van der Waals surface area contributed by atoms with Crippen LogP contribution in [0.4, 0.5) is 4.79 Å². The first-order valence-electron chi connectivity index (χ1n) is 15.3. The van der Waals surface area contributed by atoms with Gasteiger partial charge in [0.25, 0.3) is 0 Å². The fraction of sp³-hybridized carbons (Fsp3) is 0.484. The highest BCUT2D eigenvalue weighted by molar-refractivity contribution is 7.46. The van der Waals surface area contributed by atoms with Crippen molar-refractivity contribution in [2.75, 3.05) is 6.54 Å². The Balaban J connectivity index is 1.49. The van der Waals surface area contributed by atoms with Crippen LogP contribution in [-0.2, 0) is 36.7 Å². The number of hydrogen-bond acceptors (Lipinski definition) is 7. The van der Waals surface area contributed by atoms with Crippen LogP contribution >= 0.6 is 7.82 Å². The summed E-state index contributed by atoms with van der Waals surface area (Å²) in [5, 5.41) is 8.33. The SMILES string of the molecule is CCCNC(=O)[C@@H]1CCC2CCCC[C@H](NC(=O)[C@H](Cc3ccc(OP(=O)(O)O)cc3)NC(=O)OCc3ccccc3)C(=O)N21. The molecule has 45 heavy (non-hydrogen) atoms. The number of fused-ring (bicyclic) bond motifs is 1. The second-order valence-electron chi connectivity index (χ2n) is 11.3. The van der Waals surface area contributed by atoms with Crippen molar-refractivity contribution in [2.24, 2.45) is 0 Å². The number of phosphoric acid groups is 1. The number of hydrogen-bond donors (Lipinski definition) is 5. The second kappa shape index (κ2) is 15.9. The predicted molar refractivity (Wildman–Crippen MR) is 164 cm³/mol. The van der Waals surface area contributed by atoms with Gasteiger partial charge in [-0.1, -0.05) is 62.2 Å². The molecule has 0 bridgehead atoms. The lowest BCUT2D eigenvalue weighted by Gasteiger charge is -2.35. The van der Waals surface area contributed by atoms with Crippen molar-refractivity contribution in [1.82, 2.24) is 20.9 Å². The van der Waals surface area contributed by atoms with Crippen molar-refractivity contribution in [3.63, 3.8) is 0 Å². The molecule has 2 aromatic rings. The molecule has 0 spiro atoms. The van der Waals surface area contributed by atoms with Crippen LogP contribution in [0.1, 0.15) is 63.0 Å². The third-order valence-electron chi connectivity index (χ3n) is 7.91. The molecule has 1 unspecified atom stereocenters. The molecule has 13 nitrogen and oxygen atoms in total. The van der Waals surface area contributed by atoms with Gasteiger partial charge >= 0.3 is 13.9 Å². The Morgan fingerprint density at radius 1 is 0.978 bits per heavy atom. The number of rotatable bonds is 12. The maximum atomic E-state index is 13.9. The Labute approximate surface area is 262 Å². The number of benzene rings is 2. The fourth-order valence-corrected chi connectivity index (χ4v) is 6.13. The predicted octanol–water partition coefficient (Wildman–Crippen LogP) is 2.94.